The molecule has 0 aliphatic heterocycles. The van der Waals surface area contributed by atoms with Crippen molar-refractivity contribution in [3.8, 4) is 0 Å². The summed E-state index contributed by atoms with van der Waals surface area (Å²) in [5, 5.41) is 8.57. The highest BCUT2D eigenvalue weighted by atomic mass is 32.2. The maximum Gasteiger partial charge on any atom is 0.333 e. The van der Waals surface area contributed by atoms with Gasteiger partial charge in [-0.25, -0.2) is 4.79 Å². The van der Waals surface area contributed by atoms with Gasteiger partial charge in [-0.15, -0.1) is 0 Å². The summed E-state index contributed by atoms with van der Waals surface area (Å²) >= 11 is 1.89. The van der Waals surface area contributed by atoms with Gasteiger partial charge < -0.3 is 9.84 Å². The molecule has 16 heavy (non-hydrogen) atoms. The van der Waals surface area contributed by atoms with Crippen LogP contribution in [0.15, 0.2) is 12.2 Å². The van der Waals surface area contributed by atoms with Crippen molar-refractivity contribution >= 4 is 17.7 Å². The van der Waals surface area contributed by atoms with Crippen LogP contribution >= 0.6 is 11.8 Å². The standard InChI is InChI=1S/C12H22O3S/c1-11(2)12(14)15-8-4-6-10-16-9-5-3-7-13/h13H,1,3-10H2,2H3. The lowest BCUT2D eigenvalue weighted by Gasteiger charge is -2.04. The summed E-state index contributed by atoms with van der Waals surface area (Å²) < 4.78 is 4.97. The van der Waals surface area contributed by atoms with E-state index in [-0.39, 0.29) is 12.6 Å². The fraction of sp³-hybridized carbons (Fsp3) is 0.750. The van der Waals surface area contributed by atoms with E-state index >= 15 is 0 Å². The molecule has 1 N–H and O–H groups in total. The Hall–Kier alpha value is -0.480. The fourth-order valence-electron chi connectivity index (χ4n) is 1.01. The van der Waals surface area contributed by atoms with E-state index in [0.29, 0.717) is 12.2 Å². The van der Waals surface area contributed by atoms with Crippen molar-refractivity contribution in [1.29, 1.82) is 0 Å². The largest absolute Gasteiger partial charge is 0.462 e. The number of hydrogen-bond acceptors (Lipinski definition) is 4. The molecule has 0 amide bonds. The van der Waals surface area contributed by atoms with Crippen LogP contribution in [0.3, 0.4) is 0 Å². The number of rotatable bonds is 10. The molecule has 0 spiro atoms. The van der Waals surface area contributed by atoms with E-state index in [1.54, 1.807) is 6.92 Å². The molecule has 3 nitrogen and oxygen atoms in total. The normalized spacial score (nSPS) is 10.1. The molecular weight excluding hydrogens is 224 g/mol. The second-order valence-corrected chi connectivity index (χ2v) is 4.89. The molecule has 0 bridgehead atoms. The number of carbonyl (C=O) groups is 1. The van der Waals surface area contributed by atoms with E-state index in [2.05, 4.69) is 6.58 Å². The quantitative estimate of drug-likeness (QED) is 0.365. The Morgan fingerprint density at radius 3 is 2.44 bits per heavy atom. The third-order valence-electron chi connectivity index (χ3n) is 1.96. The third kappa shape index (κ3) is 10.1. The van der Waals surface area contributed by atoms with E-state index in [0.717, 1.165) is 37.2 Å². The summed E-state index contributed by atoms with van der Waals surface area (Å²) in [5.41, 5.74) is 0.457. The highest BCUT2D eigenvalue weighted by Gasteiger charge is 2.01. The van der Waals surface area contributed by atoms with Gasteiger partial charge in [-0.1, -0.05) is 6.58 Å². The number of aliphatic hydroxyl groups excluding tert-OH is 1. The Morgan fingerprint density at radius 2 is 1.88 bits per heavy atom. The third-order valence-corrected chi connectivity index (χ3v) is 3.12. The molecule has 0 saturated carbocycles. The van der Waals surface area contributed by atoms with Gasteiger partial charge in [0.25, 0.3) is 0 Å². The van der Waals surface area contributed by atoms with Crippen LogP contribution < -0.4 is 0 Å². The molecule has 4 heteroatoms. The molecule has 94 valence electrons. The van der Waals surface area contributed by atoms with Gasteiger partial charge in [0.05, 0.1) is 6.61 Å². The van der Waals surface area contributed by atoms with Crippen molar-refractivity contribution in [2.75, 3.05) is 24.7 Å². The lowest BCUT2D eigenvalue weighted by Crippen LogP contribution is -2.06. The van der Waals surface area contributed by atoms with Gasteiger partial charge in [0.15, 0.2) is 0 Å². The fourth-order valence-corrected chi connectivity index (χ4v) is 2.03. The number of unbranched alkanes of at least 4 members (excludes halogenated alkanes) is 2. The smallest absolute Gasteiger partial charge is 0.333 e. The van der Waals surface area contributed by atoms with Crippen molar-refractivity contribution in [2.24, 2.45) is 0 Å². The van der Waals surface area contributed by atoms with Crippen molar-refractivity contribution in [3.63, 3.8) is 0 Å². The second-order valence-electron chi connectivity index (χ2n) is 3.67. The Morgan fingerprint density at radius 1 is 1.25 bits per heavy atom. The second kappa shape index (κ2) is 11.0. The average molecular weight is 246 g/mol. The van der Waals surface area contributed by atoms with E-state index < -0.39 is 0 Å². The van der Waals surface area contributed by atoms with Gasteiger partial charge in [0, 0.05) is 12.2 Å². The minimum Gasteiger partial charge on any atom is -0.462 e. The van der Waals surface area contributed by atoms with Gasteiger partial charge >= 0.3 is 5.97 Å². The molecule has 0 radical (unpaired) electrons. The SMILES string of the molecule is C=C(C)C(=O)OCCCCSCCCCO. The number of hydrogen-bond donors (Lipinski definition) is 1. The van der Waals surface area contributed by atoms with Crippen molar-refractivity contribution in [3.05, 3.63) is 12.2 Å². The molecule has 0 unspecified atom stereocenters. The first kappa shape index (κ1) is 15.5. The predicted molar refractivity (Wildman–Crippen MR) is 68.7 cm³/mol. The minimum atomic E-state index is -0.296. The maximum atomic E-state index is 11.0. The van der Waals surface area contributed by atoms with Crippen LogP contribution in [0.2, 0.25) is 0 Å². The number of aliphatic hydroxyl groups is 1. The average Bonchev–Trinajstić information content (AvgIpc) is 2.26. The first-order chi connectivity index (χ1) is 7.68. The van der Waals surface area contributed by atoms with Crippen LogP contribution in [0.5, 0.6) is 0 Å². The molecular formula is C12H22O3S. The predicted octanol–water partition coefficient (Wildman–Crippen LogP) is 2.39. The highest BCUT2D eigenvalue weighted by molar-refractivity contribution is 7.99. The van der Waals surface area contributed by atoms with Crippen LogP contribution in [0.25, 0.3) is 0 Å². The van der Waals surface area contributed by atoms with E-state index in [1.807, 2.05) is 11.8 Å². The number of carbonyl (C=O) groups excluding carboxylic acids is 1. The van der Waals surface area contributed by atoms with Crippen LogP contribution in [0.4, 0.5) is 0 Å². The van der Waals surface area contributed by atoms with Gasteiger partial charge in [0.1, 0.15) is 0 Å². The van der Waals surface area contributed by atoms with Crippen molar-refractivity contribution in [1.82, 2.24) is 0 Å². The van der Waals surface area contributed by atoms with Gasteiger partial charge in [-0.05, 0) is 44.1 Å². The Kier molecular flexibility index (Phi) is 10.7. The number of ether oxygens (including phenoxy) is 1. The Balaban J connectivity index is 3.10. The first-order valence-corrected chi connectivity index (χ1v) is 6.85. The molecule has 0 rings (SSSR count). The summed E-state index contributed by atoms with van der Waals surface area (Å²) in [7, 11) is 0. The summed E-state index contributed by atoms with van der Waals surface area (Å²) in [6.07, 6.45) is 3.94. The molecule has 0 aliphatic rings. The van der Waals surface area contributed by atoms with Gasteiger partial charge in [-0.3, -0.25) is 0 Å². The van der Waals surface area contributed by atoms with Crippen LogP contribution in [0.1, 0.15) is 32.6 Å². The summed E-state index contributed by atoms with van der Waals surface area (Å²) in [5.74, 6) is 1.90. The Bertz CT molecular complexity index is 204. The summed E-state index contributed by atoms with van der Waals surface area (Å²) in [4.78, 5) is 11.0. The minimum absolute atomic E-state index is 0.289. The zero-order chi connectivity index (χ0) is 12.2. The highest BCUT2D eigenvalue weighted by Crippen LogP contribution is 2.07. The van der Waals surface area contributed by atoms with Gasteiger partial charge in [0.2, 0.25) is 0 Å². The topological polar surface area (TPSA) is 46.5 Å². The van der Waals surface area contributed by atoms with E-state index in [9.17, 15) is 4.79 Å². The summed E-state index contributed by atoms with van der Waals surface area (Å²) in [6.45, 7) is 5.94. The maximum absolute atomic E-state index is 11.0. The molecule has 0 aromatic rings. The van der Waals surface area contributed by atoms with E-state index in [1.165, 1.54) is 0 Å². The van der Waals surface area contributed by atoms with Crippen molar-refractivity contribution in [2.45, 2.75) is 32.6 Å². The molecule has 0 fully saturated rings. The molecule has 0 aromatic carbocycles. The Labute approximate surface area is 102 Å². The molecule has 0 aromatic heterocycles. The van der Waals surface area contributed by atoms with Gasteiger partial charge in [-0.2, -0.15) is 11.8 Å². The van der Waals surface area contributed by atoms with Crippen LogP contribution in [-0.2, 0) is 9.53 Å². The first-order valence-electron chi connectivity index (χ1n) is 5.69. The molecule has 0 heterocycles. The molecule has 0 atom stereocenters. The molecule has 0 saturated heterocycles. The number of thioether (sulfide) groups is 1. The lowest BCUT2D eigenvalue weighted by molar-refractivity contribution is -0.139. The monoisotopic (exact) mass is 246 g/mol. The number of esters is 1. The molecule has 0 aliphatic carbocycles. The summed E-state index contributed by atoms with van der Waals surface area (Å²) in [6, 6.07) is 0. The zero-order valence-electron chi connectivity index (χ0n) is 10.0. The van der Waals surface area contributed by atoms with Crippen molar-refractivity contribution < 1.29 is 14.6 Å². The van der Waals surface area contributed by atoms with Crippen LogP contribution in [0, 0.1) is 0 Å². The van der Waals surface area contributed by atoms with E-state index in [4.69, 9.17) is 9.84 Å². The zero-order valence-corrected chi connectivity index (χ0v) is 10.9. The lowest BCUT2D eigenvalue weighted by atomic mass is 10.3. The van der Waals surface area contributed by atoms with Crippen LogP contribution in [-0.4, -0.2) is 35.8 Å².